The van der Waals surface area contributed by atoms with Gasteiger partial charge in [-0.2, -0.15) is 9.64 Å². The maximum Gasteiger partial charge on any atom is 0.157 e. The number of nitriles is 1. The van der Waals surface area contributed by atoms with Crippen LogP contribution in [-0.4, -0.2) is 10.9 Å². The van der Waals surface area contributed by atoms with Crippen molar-refractivity contribution in [1.29, 1.82) is 5.26 Å². The number of hydrogen-bond donors (Lipinski definition) is 2. The van der Waals surface area contributed by atoms with E-state index in [0.717, 1.165) is 11.5 Å². The number of hydrogen-bond acceptors (Lipinski definition) is 5. The number of nitrogens with zero attached hydrogens (tertiary/aromatic N) is 2. The zero-order chi connectivity index (χ0) is 12.3. The van der Waals surface area contributed by atoms with Crippen LogP contribution in [0.15, 0.2) is 0 Å². The molecule has 0 aliphatic carbocycles. The van der Waals surface area contributed by atoms with Gasteiger partial charge in [0.05, 0.1) is 0 Å². The zero-order valence-electron chi connectivity index (χ0n) is 10.2. The van der Waals surface area contributed by atoms with E-state index in [1.54, 1.807) is 0 Å². The molecule has 0 aromatic carbocycles. The van der Waals surface area contributed by atoms with Crippen LogP contribution in [0.3, 0.4) is 0 Å². The van der Waals surface area contributed by atoms with E-state index in [9.17, 15) is 0 Å². The molecule has 1 rings (SSSR count). The highest BCUT2D eigenvalue weighted by molar-refractivity contribution is 7.10. The Labute approximate surface area is 101 Å². The predicted molar refractivity (Wildman–Crippen MR) is 68.4 cm³/mol. The monoisotopic (exact) mass is 238 g/mol. The first kappa shape index (κ1) is 12.8. The Kier molecular flexibility index (Phi) is 3.76. The van der Waals surface area contributed by atoms with E-state index >= 15 is 0 Å². The maximum absolute atomic E-state index is 8.92. The first-order chi connectivity index (χ1) is 7.38. The Morgan fingerprint density at radius 2 is 2.19 bits per heavy atom. The van der Waals surface area contributed by atoms with Crippen molar-refractivity contribution in [3.05, 3.63) is 5.56 Å². The number of nitrogens with one attached hydrogen (secondary N) is 1. The molecule has 3 N–H and O–H groups in total. The molecule has 0 saturated heterocycles. The van der Waals surface area contributed by atoms with Gasteiger partial charge in [-0.05, 0) is 22.9 Å². The van der Waals surface area contributed by atoms with Crippen molar-refractivity contribution in [2.45, 2.75) is 27.7 Å². The summed E-state index contributed by atoms with van der Waals surface area (Å²) in [7, 11) is 0. The Morgan fingerprint density at radius 1 is 1.56 bits per heavy atom. The fourth-order valence-electron chi connectivity index (χ4n) is 1.04. The smallest absolute Gasteiger partial charge is 0.157 e. The molecular weight excluding hydrogens is 220 g/mol. The van der Waals surface area contributed by atoms with Crippen LogP contribution in [0.5, 0.6) is 0 Å². The van der Waals surface area contributed by atoms with E-state index in [-0.39, 0.29) is 5.41 Å². The molecule has 0 atom stereocenters. The molecule has 0 unspecified atom stereocenters. The van der Waals surface area contributed by atoms with Crippen molar-refractivity contribution in [1.82, 2.24) is 4.37 Å². The number of nitrogens with two attached hydrogens (primary N) is 1. The summed E-state index contributed by atoms with van der Waals surface area (Å²) < 4.78 is 3.97. The summed E-state index contributed by atoms with van der Waals surface area (Å²) in [5.74, 6) is 0.883. The van der Waals surface area contributed by atoms with Gasteiger partial charge in [-0.3, -0.25) is 0 Å². The van der Waals surface area contributed by atoms with Crippen LogP contribution in [-0.2, 0) is 0 Å². The van der Waals surface area contributed by atoms with Crippen LogP contribution in [0, 0.1) is 22.7 Å². The molecule has 0 radical (unpaired) electrons. The van der Waals surface area contributed by atoms with Gasteiger partial charge >= 0.3 is 0 Å². The van der Waals surface area contributed by atoms with Crippen molar-refractivity contribution < 1.29 is 0 Å². The minimum absolute atomic E-state index is 0.172. The average Bonchev–Trinajstić information content (AvgIpc) is 2.56. The van der Waals surface area contributed by atoms with Crippen LogP contribution >= 0.6 is 11.5 Å². The zero-order valence-corrected chi connectivity index (χ0v) is 11.0. The summed E-state index contributed by atoms with van der Waals surface area (Å²) in [4.78, 5) is 0. The van der Waals surface area contributed by atoms with Crippen molar-refractivity contribution in [3.63, 3.8) is 0 Å². The van der Waals surface area contributed by atoms with Crippen LogP contribution in [0.1, 0.15) is 33.3 Å². The van der Waals surface area contributed by atoms with Crippen molar-refractivity contribution >= 4 is 22.4 Å². The fourth-order valence-corrected chi connectivity index (χ4v) is 1.70. The summed E-state index contributed by atoms with van der Waals surface area (Å²) in [6.45, 7) is 9.57. The quantitative estimate of drug-likeness (QED) is 0.845. The van der Waals surface area contributed by atoms with E-state index in [4.69, 9.17) is 11.0 Å². The molecule has 0 aliphatic heterocycles. The molecular formula is C11H18N4S. The van der Waals surface area contributed by atoms with Crippen LogP contribution in [0.2, 0.25) is 0 Å². The van der Waals surface area contributed by atoms with Gasteiger partial charge in [0, 0.05) is 6.54 Å². The Bertz CT molecular complexity index is 401. The molecule has 0 amide bonds. The standard InChI is InChI=1S/C11H18N4S/c1-7(2)11(3,4)6-14-10-8(5-12)9(13)15-16-10/h7,14H,6H2,1-4H3,(H2,13,15). The van der Waals surface area contributed by atoms with Crippen LogP contribution in [0.4, 0.5) is 10.8 Å². The summed E-state index contributed by atoms with van der Waals surface area (Å²) in [5, 5.41) is 13.0. The molecule has 16 heavy (non-hydrogen) atoms. The molecule has 0 spiro atoms. The lowest BCUT2D eigenvalue weighted by molar-refractivity contribution is 0.270. The first-order valence-electron chi connectivity index (χ1n) is 5.27. The number of rotatable bonds is 4. The third kappa shape index (κ3) is 2.64. The second-order valence-electron chi connectivity index (χ2n) is 4.88. The number of nitrogen functional groups attached to an aromatic ring is 1. The summed E-state index contributed by atoms with van der Waals surface area (Å²) in [5.41, 5.74) is 6.22. The van der Waals surface area contributed by atoms with Crippen molar-refractivity contribution in [3.8, 4) is 6.07 Å². The van der Waals surface area contributed by atoms with Crippen molar-refractivity contribution in [2.75, 3.05) is 17.6 Å². The molecule has 0 bridgehead atoms. The Hall–Kier alpha value is -1.28. The van der Waals surface area contributed by atoms with Gasteiger partial charge in [0.25, 0.3) is 0 Å². The van der Waals surface area contributed by atoms with Crippen molar-refractivity contribution in [2.24, 2.45) is 11.3 Å². The normalized spacial score (nSPS) is 11.5. The summed E-state index contributed by atoms with van der Waals surface area (Å²) in [6, 6.07) is 2.07. The van der Waals surface area contributed by atoms with E-state index in [0.29, 0.717) is 17.3 Å². The number of aromatic nitrogens is 1. The molecule has 4 nitrogen and oxygen atoms in total. The van der Waals surface area contributed by atoms with Gasteiger partial charge in [-0.25, -0.2) is 0 Å². The lowest BCUT2D eigenvalue weighted by atomic mass is 9.81. The summed E-state index contributed by atoms with van der Waals surface area (Å²) in [6.07, 6.45) is 0. The topological polar surface area (TPSA) is 74.7 Å². The number of anilines is 2. The Morgan fingerprint density at radius 3 is 2.69 bits per heavy atom. The van der Waals surface area contributed by atoms with E-state index in [1.165, 1.54) is 11.5 Å². The molecule has 1 aromatic heterocycles. The molecule has 0 saturated carbocycles. The second-order valence-corrected chi connectivity index (χ2v) is 5.65. The van der Waals surface area contributed by atoms with Gasteiger partial charge < -0.3 is 11.1 Å². The highest BCUT2D eigenvalue weighted by Crippen LogP contribution is 2.30. The fraction of sp³-hybridized carbons (Fsp3) is 0.636. The third-order valence-electron chi connectivity index (χ3n) is 3.10. The molecule has 1 aromatic rings. The highest BCUT2D eigenvalue weighted by Gasteiger charge is 2.23. The van der Waals surface area contributed by atoms with Gasteiger partial charge in [-0.15, -0.1) is 0 Å². The first-order valence-corrected chi connectivity index (χ1v) is 6.05. The van der Waals surface area contributed by atoms with Gasteiger partial charge in [0.1, 0.15) is 16.6 Å². The van der Waals surface area contributed by atoms with E-state index < -0.39 is 0 Å². The molecule has 0 fully saturated rings. The lowest BCUT2D eigenvalue weighted by Gasteiger charge is -2.29. The van der Waals surface area contributed by atoms with Crippen LogP contribution in [0.25, 0.3) is 0 Å². The maximum atomic E-state index is 8.92. The minimum Gasteiger partial charge on any atom is -0.382 e. The van der Waals surface area contributed by atoms with Gasteiger partial charge in [0.2, 0.25) is 0 Å². The van der Waals surface area contributed by atoms with Gasteiger partial charge in [0.15, 0.2) is 5.82 Å². The largest absolute Gasteiger partial charge is 0.382 e. The molecule has 0 aliphatic rings. The molecule has 1 heterocycles. The molecule has 88 valence electrons. The summed E-state index contributed by atoms with van der Waals surface area (Å²) >= 11 is 1.24. The van der Waals surface area contributed by atoms with Crippen LogP contribution < -0.4 is 11.1 Å². The minimum atomic E-state index is 0.172. The SMILES string of the molecule is CC(C)C(C)(C)CNc1snc(N)c1C#N. The average molecular weight is 238 g/mol. The van der Waals surface area contributed by atoms with E-state index in [1.807, 2.05) is 0 Å². The highest BCUT2D eigenvalue weighted by atomic mass is 32.1. The second kappa shape index (κ2) is 4.71. The predicted octanol–water partition coefficient (Wildman–Crippen LogP) is 2.69. The molecule has 5 heteroatoms. The lowest BCUT2D eigenvalue weighted by Crippen LogP contribution is -2.28. The third-order valence-corrected chi connectivity index (χ3v) is 3.92. The Balaban J connectivity index is 2.73. The van der Waals surface area contributed by atoms with E-state index in [2.05, 4.69) is 43.5 Å². The van der Waals surface area contributed by atoms with Gasteiger partial charge in [-0.1, -0.05) is 27.7 Å².